The second-order valence-corrected chi connectivity index (χ2v) is 5.20. The fourth-order valence-corrected chi connectivity index (χ4v) is 2.37. The van der Waals surface area contributed by atoms with Gasteiger partial charge < -0.3 is 15.3 Å². The number of carbonyl (C=O) groups is 1. The highest BCUT2D eigenvalue weighted by molar-refractivity contribution is 5.70. The van der Waals surface area contributed by atoms with Gasteiger partial charge in [0.25, 0.3) is 0 Å². The smallest absolute Gasteiger partial charge is 0.307 e. The van der Waals surface area contributed by atoms with E-state index in [0.29, 0.717) is 6.04 Å². The van der Waals surface area contributed by atoms with Gasteiger partial charge in [0.1, 0.15) is 0 Å². The third kappa shape index (κ3) is 4.64. The van der Waals surface area contributed by atoms with E-state index in [4.69, 9.17) is 5.11 Å². The van der Waals surface area contributed by atoms with E-state index in [1.165, 1.54) is 13.0 Å². The summed E-state index contributed by atoms with van der Waals surface area (Å²) in [5, 5.41) is 12.4. The molecule has 0 aromatic rings. The maximum Gasteiger partial charge on any atom is 0.307 e. The quantitative estimate of drug-likeness (QED) is 0.742. The molecule has 17 heavy (non-hydrogen) atoms. The summed E-state index contributed by atoms with van der Waals surface area (Å²) >= 11 is 0. The van der Waals surface area contributed by atoms with Crippen LogP contribution in [0, 0.1) is 5.92 Å². The average molecular weight is 242 g/mol. The van der Waals surface area contributed by atoms with Crippen LogP contribution < -0.4 is 5.32 Å². The molecule has 1 aliphatic heterocycles. The van der Waals surface area contributed by atoms with Crippen LogP contribution in [0.2, 0.25) is 0 Å². The maximum absolute atomic E-state index is 10.9. The van der Waals surface area contributed by atoms with E-state index in [0.717, 1.165) is 25.9 Å². The first-order valence-electron chi connectivity index (χ1n) is 6.75. The zero-order chi connectivity index (χ0) is 12.8. The van der Waals surface area contributed by atoms with Crippen molar-refractivity contribution in [2.24, 2.45) is 5.92 Å². The number of carboxylic acid groups (broad SMARTS) is 1. The third-order valence-corrected chi connectivity index (χ3v) is 3.77. The number of nitrogens with zero attached hydrogens (tertiary/aromatic N) is 1. The van der Waals surface area contributed by atoms with Crippen LogP contribution >= 0.6 is 0 Å². The molecule has 2 N–H and O–H groups in total. The Morgan fingerprint density at radius 3 is 2.47 bits per heavy atom. The zero-order valence-electron chi connectivity index (χ0n) is 11.3. The summed E-state index contributed by atoms with van der Waals surface area (Å²) in [5.74, 6) is -1.03. The van der Waals surface area contributed by atoms with E-state index in [2.05, 4.69) is 17.1 Å². The van der Waals surface area contributed by atoms with Crippen molar-refractivity contribution in [3.05, 3.63) is 0 Å². The van der Waals surface area contributed by atoms with Crippen LogP contribution in [0.4, 0.5) is 0 Å². The number of hydrogen-bond acceptors (Lipinski definition) is 3. The van der Waals surface area contributed by atoms with Crippen molar-refractivity contribution in [1.82, 2.24) is 10.2 Å². The van der Waals surface area contributed by atoms with Crippen LogP contribution in [0.15, 0.2) is 0 Å². The van der Waals surface area contributed by atoms with Crippen LogP contribution in [0.25, 0.3) is 0 Å². The SMILES string of the molecule is CCCN1CCC(NC(C)C(C)C(=O)O)CC1. The molecule has 4 heteroatoms. The summed E-state index contributed by atoms with van der Waals surface area (Å²) in [6, 6.07) is 0.537. The number of likely N-dealkylation sites (tertiary alicyclic amines) is 1. The molecule has 2 atom stereocenters. The largest absolute Gasteiger partial charge is 0.481 e. The monoisotopic (exact) mass is 242 g/mol. The summed E-state index contributed by atoms with van der Waals surface area (Å²) in [6.45, 7) is 9.41. The number of hydrogen-bond donors (Lipinski definition) is 2. The van der Waals surface area contributed by atoms with Gasteiger partial charge in [-0.15, -0.1) is 0 Å². The lowest BCUT2D eigenvalue weighted by atomic mass is 9.99. The van der Waals surface area contributed by atoms with E-state index in [1.807, 2.05) is 6.92 Å². The van der Waals surface area contributed by atoms with Crippen LogP contribution in [-0.2, 0) is 4.79 Å². The van der Waals surface area contributed by atoms with Gasteiger partial charge in [0.15, 0.2) is 0 Å². The molecule has 1 saturated heterocycles. The van der Waals surface area contributed by atoms with Crippen LogP contribution in [0.1, 0.15) is 40.0 Å². The Morgan fingerprint density at radius 1 is 1.41 bits per heavy atom. The van der Waals surface area contributed by atoms with Crippen LogP contribution in [-0.4, -0.2) is 47.7 Å². The van der Waals surface area contributed by atoms with Gasteiger partial charge >= 0.3 is 5.97 Å². The molecule has 0 aromatic heterocycles. The summed E-state index contributed by atoms with van der Waals surface area (Å²) in [7, 11) is 0. The van der Waals surface area contributed by atoms with E-state index in [9.17, 15) is 4.79 Å². The third-order valence-electron chi connectivity index (χ3n) is 3.77. The highest BCUT2D eigenvalue weighted by atomic mass is 16.4. The first-order chi connectivity index (χ1) is 8.04. The number of piperidine rings is 1. The Hall–Kier alpha value is -0.610. The second-order valence-electron chi connectivity index (χ2n) is 5.20. The normalized spacial score (nSPS) is 22.3. The number of carboxylic acids is 1. The minimum Gasteiger partial charge on any atom is -0.481 e. The molecule has 0 aliphatic carbocycles. The van der Waals surface area contributed by atoms with E-state index < -0.39 is 5.97 Å². The molecule has 0 spiro atoms. The Balaban J connectivity index is 2.28. The first-order valence-corrected chi connectivity index (χ1v) is 6.75. The van der Waals surface area contributed by atoms with Gasteiger partial charge in [0.05, 0.1) is 5.92 Å². The Labute approximate surface area is 104 Å². The molecule has 0 aromatic carbocycles. The van der Waals surface area contributed by atoms with Crippen molar-refractivity contribution in [2.45, 2.75) is 52.1 Å². The molecule has 1 aliphatic rings. The maximum atomic E-state index is 10.9. The van der Waals surface area contributed by atoms with Gasteiger partial charge in [-0.05, 0) is 45.8 Å². The molecule has 1 fully saturated rings. The summed E-state index contributed by atoms with van der Waals surface area (Å²) in [6.07, 6.45) is 3.48. The average Bonchev–Trinajstić information content (AvgIpc) is 2.30. The standard InChI is InChI=1S/C13H26N2O2/c1-4-7-15-8-5-12(6-9-15)14-11(3)10(2)13(16)17/h10-12,14H,4-9H2,1-3H3,(H,16,17). The predicted molar refractivity (Wildman–Crippen MR) is 69.2 cm³/mol. The molecule has 1 rings (SSSR count). The van der Waals surface area contributed by atoms with Gasteiger partial charge in [0.2, 0.25) is 0 Å². The fourth-order valence-electron chi connectivity index (χ4n) is 2.37. The number of aliphatic carboxylic acids is 1. The molecular formula is C13H26N2O2. The molecule has 0 saturated carbocycles. The van der Waals surface area contributed by atoms with Gasteiger partial charge in [-0.25, -0.2) is 0 Å². The van der Waals surface area contributed by atoms with E-state index >= 15 is 0 Å². The van der Waals surface area contributed by atoms with Crippen molar-refractivity contribution in [3.8, 4) is 0 Å². The van der Waals surface area contributed by atoms with Crippen molar-refractivity contribution < 1.29 is 9.90 Å². The Morgan fingerprint density at radius 2 is 2.00 bits per heavy atom. The number of rotatable bonds is 6. The van der Waals surface area contributed by atoms with Gasteiger partial charge in [0, 0.05) is 12.1 Å². The van der Waals surface area contributed by atoms with Crippen LogP contribution in [0.5, 0.6) is 0 Å². The molecular weight excluding hydrogens is 216 g/mol. The summed E-state index contributed by atoms with van der Waals surface area (Å²) in [4.78, 5) is 13.4. The lowest BCUT2D eigenvalue weighted by molar-refractivity contribution is -0.142. The first kappa shape index (κ1) is 14.5. The Bertz CT molecular complexity index is 238. The lowest BCUT2D eigenvalue weighted by Crippen LogP contribution is -2.48. The fraction of sp³-hybridized carbons (Fsp3) is 0.923. The summed E-state index contributed by atoms with van der Waals surface area (Å²) in [5.41, 5.74) is 0. The molecule has 0 bridgehead atoms. The van der Waals surface area contributed by atoms with E-state index in [1.54, 1.807) is 6.92 Å². The van der Waals surface area contributed by atoms with Crippen LogP contribution in [0.3, 0.4) is 0 Å². The topological polar surface area (TPSA) is 52.6 Å². The second kappa shape index (κ2) is 6.97. The van der Waals surface area contributed by atoms with E-state index in [-0.39, 0.29) is 12.0 Å². The van der Waals surface area contributed by atoms with Gasteiger partial charge in [-0.1, -0.05) is 13.8 Å². The molecule has 0 radical (unpaired) electrons. The molecule has 0 amide bonds. The summed E-state index contributed by atoms with van der Waals surface area (Å²) < 4.78 is 0. The predicted octanol–water partition coefficient (Wildman–Crippen LogP) is 1.56. The molecule has 100 valence electrons. The van der Waals surface area contributed by atoms with Crippen molar-refractivity contribution in [1.29, 1.82) is 0 Å². The Kier molecular flexibility index (Phi) is 5.92. The molecule has 4 nitrogen and oxygen atoms in total. The lowest BCUT2D eigenvalue weighted by Gasteiger charge is -2.34. The minimum atomic E-state index is -0.714. The highest BCUT2D eigenvalue weighted by Crippen LogP contribution is 2.13. The van der Waals surface area contributed by atoms with Crippen molar-refractivity contribution in [2.75, 3.05) is 19.6 Å². The zero-order valence-corrected chi connectivity index (χ0v) is 11.3. The van der Waals surface area contributed by atoms with Crippen molar-refractivity contribution in [3.63, 3.8) is 0 Å². The number of nitrogens with one attached hydrogen (secondary N) is 1. The van der Waals surface area contributed by atoms with Gasteiger partial charge in [-0.3, -0.25) is 4.79 Å². The molecule has 1 heterocycles. The highest BCUT2D eigenvalue weighted by Gasteiger charge is 2.24. The molecule has 2 unspecified atom stereocenters. The van der Waals surface area contributed by atoms with Crippen molar-refractivity contribution >= 4 is 5.97 Å². The minimum absolute atomic E-state index is 0.0511. The van der Waals surface area contributed by atoms with Gasteiger partial charge in [-0.2, -0.15) is 0 Å².